The molecule has 3 rings (SSSR count). The van der Waals surface area contributed by atoms with Gasteiger partial charge in [-0.3, -0.25) is 4.79 Å². The molecule has 3 heteroatoms. The van der Waals surface area contributed by atoms with Crippen molar-refractivity contribution in [2.75, 3.05) is 4.90 Å². The molecule has 1 amide bonds. The number of hydrogen-bond acceptors (Lipinski definition) is 1. The first-order valence-electron chi connectivity index (χ1n) is 5.41. The molecule has 0 saturated carbocycles. The third-order valence-electron chi connectivity index (χ3n) is 2.96. The van der Waals surface area contributed by atoms with Gasteiger partial charge in [0.2, 0.25) is 0 Å². The lowest BCUT2D eigenvalue weighted by Gasteiger charge is -2.16. The third-order valence-corrected chi connectivity index (χ3v) is 2.96. The summed E-state index contributed by atoms with van der Waals surface area (Å²) in [5.74, 6) is -0.501. The normalized spacial score (nSPS) is 13.9. The summed E-state index contributed by atoms with van der Waals surface area (Å²) in [5.41, 5.74) is 1.95. The number of carbonyl (C=O) groups excluding carboxylic acids is 1. The first-order chi connectivity index (χ1) is 8.27. The first-order valence-corrected chi connectivity index (χ1v) is 5.41. The summed E-state index contributed by atoms with van der Waals surface area (Å²) in [4.78, 5) is 13.6. The van der Waals surface area contributed by atoms with Gasteiger partial charge < -0.3 is 4.90 Å². The van der Waals surface area contributed by atoms with E-state index in [2.05, 4.69) is 0 Å². The van der Waals surface area contributed by atoms with E-state index in [1.54, 1.807) is 24.3 Å². The van der Waals surface area contributed by atoms with Crippen molar-refractivity contribution in [3.05, 3.63) is 65.5 Å². The van der Waals surface area contributed by atoms with E-state index >= 15 is 0 Å². The molecule has 0 N–H and O–H groups in total. The molecule has 1 heterocycles. The van der Waals surface area contributed by atoms with Crippen molar-refractivity contribution in [3.8, 4) is 0 Å². The van der Waals surface area contributed by atoms with Crippen LogP contribution in [0.1, 0.15) is 15.9 Å². The van der Waals surface area contributed by atoms with Crippen LogP contribution in [-0.2, 0) is 6.54 Å². The zero-order valence-electron chi connectivity index (χ0n) is 9.06. The van der Waals surface area contributed by atoms with Crippen molar-refractivity contribution < 1.29 is 9.18 Å². The highest BCUT2D eigenvalue weighted by Crippen LogP contribution is 2.29. The molecule has 2 aromatic rings. The monoisotopic (exact) mass is 227 g/mol. The van der Waals surface area contributed by atoms with Crippen LogP contribution >= 0.6 is 0 Å². The molecule has 0 unspecified atom stereocenters. The number of carbonyl (C=O) groups is 1. The fourth-order valence-corrected chi connectivity index (χ4v) is 2.12. The Labute approximate surface area is 98.3 Å². The summed E-state index contributed by atoms with van der Waals surface area (Å²) < 4.78 is 13.6. The van der Waals surface area contributed by atoms with Gasteiger partial charge in [0.25, 0.3) is 5.91 Å². The minimum Gasteiger partial charge on any atom is -0.301 e. The lowest BCUT2D eigenvalue weighted by molar-refractivity contribution is 0.0996. The summed E-state index contributed by atoms with van der Waals surface area (Å²) in [7, 11) is 0. The van der Waals surface area contributed by atoms with Gasteiger partial charge in [-0.1, -0.05) is 30.3 Å². The van der Waals surface area contributed by atoms with Crippen LogP contribution in [0, 0.1) is 5.82 Å². The van der Waals surface area contributed by atoms with Crippen LogP contribution in [0.3, 0.4) is 0 Å². The summed E-state index contributed by atoms with van der Waals surface area (Å²) in [6.45, 7) is 0.440. The molecule has 0 aliphatic carbocycles. The predicted octanol–water partition coefficient (Wildman–Crippen LogP) is 2.99. The Balaban J connectivity index is 2.05. The SMILES string of the molecule is O=C1c2ccccc2CN1c1ccccc1F. The molecule has 0 fully saturated rings. The Morgan fingerprint density at radius 1 is 1.00 bits per heavy atom. The largest absolute Gasteiger partial charge is 0.301 e. The first kappa shape index (κ1) is 10.0. The number of nitrogens with zero attached hydrogens (tertiary/aromatic N) is 1. The maximum atomic E-state index is 13.6. The summed E-state index contributed by atoms with van der Waals surface area (Å²) in [6.07, 6.45) is 0. The number of para-hydroxylation sites is 1. The second kappa shape index (κ2) is 3.70. The van der Waals surface area contributed by atoms with E-state index in [0.717, 1.165) is 5.56 Å². The fraction of sp³-hybridized carbons (Fsp3) is 0.0714. The van der Waals surface area contributed by atoms with Gasteiger partial charge in [-0.05, 0) is 23.8 Å². The standard InChI is InChI=1S/C14H10FNO/c15-12-7-3-4-8-13(12)16-9-10-5-1-2-6-11(10)14(16)17/h1-8H,9H2. The predicted molar refractivity (Wildman–Crippen MR) is 63.4 cm³/mol. The van der Waals surface area contributed by atoms with Crippen LogP contribution in [0.5, 0.6) is 0 Å². The quantitative estimate of drug-likeness (QED) is 0.733. The molecule has 0 spiro atoms. The smallest absolute Gasteiger partial charge is 0.259 e. The van der Waals surface area contributed by atoms with Crippen molar-refractivity contribution >= 4 is 11.6 Å². The van der Waals surface area contributed by atoms with Crippen LogP contribution < -0.4 is 4.90 Å². The zero-order chi connectivity index (χ0) is 11.8. The maximum absolute atomic E-state index is 13.6. The zero-order valence-corrected chi connectivity index (χ0v) is 9.06. The van der Waals surface area contributed by atoms with E-state index in [-0.39, 0.29) is 11.7 Å². The van der Waals surface area contributed by atoms with E-state index in [4.69, 9.17) is 0 Å². The Kier molecular flexibility index (Phi) is 2.18. The fourth-order valence-electron chi connectivity index (χ4n) is 2.12. The molecule has 2 nitrogen and oxygen atoms in total. The average Bonchev–Trinajstić information content (AvgIpc) is 2.68. The van der Waals surface area contributed by atoms with Crippen LogP contribution in [0.25, 0.3) is 0 Å². The summed E-state index contributed by atoms with van der Waals surface area (Å²) in [6, 6.07) is 13.7. The van der Waals surface area contributed by atoms with Crippen LogP contribution in [0.4, 0.5) is 10.1 Å². The molecule has 0 atom stereocenters. The maximum Gasteiger partial charge on any atom is 0.259 e. The molecule has 0 radical (unpaired) electrons. The van der Waals surface area contributed by atoms with Gasteiger partial charge in [0.15, 0.2) is 0 Å². The van der Waals surface area contributed by atoms with Crippen molar-refractivity contribution in [2.24, 2.45) is 0 Å². The second-order valence-electron chi connectivity index (χ2n) is 4.00. The number of hydrogen-bond donors (Lipinski definition) is 0. The van der Waals surface area contributed by atoms with E-state index in [1.807, 2.05) is 18.2 Å². The lowest BCUT2D eigenvalue weighted by atomic mass is 10.1. The molecule has 0 aromatic heterocycles. The molecule has 1 aliphatic rings. The van der Waals surface area contributed by atoms with Crippen molar-refractivity contribution in [3.63, 3.8) is 0 Å². The molecule has 2 aromatic carbocycles. The summed E-state index contributed by atoms with van der Waals surface area (Å²) in [5, 5.41) is 0. The van der Waals surface area contributed by atoms with Crippen molar-refractivity contribution in [2.45, 2.75) is 6.54 Å². The molecule has 17 heavy (non-hydrogen) atoms. The Hall–Kier alpha value is -2.16. The number of amides is 1. The number of halogens is 1. The third kappa shape index (κ3) is 1.51. The highest BCUT2D eigenvalue weighted by molar-refractivity contribution is 6.10. The van der Waals surface area contributed by atoms with Gasteiger partial charge in [-0.15, -0.1) is 0 Å². The minimum atomic E-state index is -0.367. The minimum absolute atomic E-state index is 0.134. The molecular weight excluding hydrogens is 217 g/mol. The Morgan fingerprint density at radius 3 is 2.47 bits per heavy atom. The number of rotatable bonds is 1. The van der Waals surface area contributed by atoms with Gasteiger partial charge in [0.1, 0.15) is 5.82 Å². The molecule has 0 bridgehead atoms. The van der Waals surface area contributed by atoms with Crippen molar-refractivity contribution in [1.29, 1.82) is 0 Å². The van der Waals surface area contributed by atoms with Crippen LogP contribution in [-0.4, -0.2) is 5.91 Å². The van der Waals surface area contributed by atoms with Gasteiger partial charge in [-0.25, -0.2) is 4.39 Å². The van der Waals surface area contributed by atoms with Crippen molar-refractivity contribution in [1.82, 2.24) is 0 Å². The van der Waals surface area contributed by atoms with Gasteiger partial charge in [0, 0.05) is 5.56 Å². The molecular formula is C14H10FNO. The van der Waals surface area contributed by atoms with E-state index in [0.29, 0.717) is 17.8 Å². The second-order valence-corrected chi connectivity index (χ2v) is 4.00. The Bertz CT molecular complexity index is 594. The van der Waals surface area contributed by atoms with E-state index in [9.17, 15) is 9.18 Å². The molecule has 1 aliphatic heterocycles. The molecule has 84 valence electrons. The number of anilines is 1. The van der Waals surface area contributed by atoms with E-state index in [1.165, 1.54) is 11.0 Å². The van der Waals surface area contributed by atoms with Gasteiger partial charge in [-0.2, -0.15) is 0 Å². The number of benzene rings is 2. The van der Waals surface area contributed by atoms with Gasteiger partial charge >= 0.3 is 0 Å². The van der Waals surface area contributed by atoms with Gasteiger partial charge in [0.05, 0.1) is 12.2 Å². The lowest BCUT2D eigenvalue weighted by Crippen LogP contribution is -2.23. The topological polar surface area (TPSA) is 20.3 Å². The highest BCUT2D eigenvalue weighted by Gasteiger charge is 2.29. The van der Waals surface area contributed by atoms with E-state index < -0.39 is 0 Å². The highest BCUT2D eigenvalue weighted by atomic mass is 19.1. The number of fused-ring (bicyclic) bond motifs is 1. The summed E-state index contributed by atoms with van der Waals surface area (Å²) >= 11 is 0. The molecule has 0 saturated heterocycles. The Morgan fingerprint density at radius 2 is 1.71 bits per heavy atom. The van der Waals surface area contributed by atoms with Crippen LogP contribution in [0.2, 0.25) is 0 Å². The average molecular weight is 227 g/mol. The van der Waals surface area contributed by atoms with Crippen LogP contribution in [0.15, 0.2) is 48.5 Å².